The Hall–Kier alpha value is -1.20. The summed E-state index contributed by atoms with van der Waals surface area (Å²) >= 11 is 9.80. The highest BCUT2D eigenvalue weighted by atomic mass is 35.5. The van der Waals surface area contributed by atoms with Gasteiger partial charge in [0, 0.05) is 37.6 Å². The maximum atomic E-state index is 12.1. The van der Waals surface area contributed by atoms with Crippen molar-refractivity contribution in [3.63, 3.8) is 0 Å². The van der Waals surface area contributed by atoms with Gasteiger partial charge in [-0.2, -0.15) is 0 Å². The molecule has 1 aliphatic rings. The SMILES string of the molecule is O=C(S)N(CCCC(=O)N1CCCCC1)Cc1ccc(Cl)cc1. The van der Waals surface area contributed by atoms with E-state index in [4.69, 9.17) is 11.6 Å². The van der Waals surface area contributed by atoms with Crippen molar-refractivity contribution >= 4 is 35.4 Å². The Morgan fingerprint density at radius 2 is 1.78 bits per heavy atom. The van der Waals surface area contributed by atoms with Crippen LogP contribution >= 0.6 is 24.2 Å². The van der Waals surface area contributed by atoms with Crippen LogP contribution in [0.1, 0.15) is 37.7 Å². The minimum atomic E-state index is -0.273. The molecule has 1 saturated heterocycles. The number of hydrogen-bond donors (Lipinski definition) is 1. The molecule has 1 aromatic carbocycles. The van der Waals surface area contributed by atoms with Crippen molar-refractivity contribution in [2.75, 3.05) is 19.6 Å². The second kappa shape index (κ2) is 9.18. The van der Waals surface area contributed by atoms with Gasteiger partial charge in [0.25, 0.3) is 5.24 Å². The van der Waals surface area contributed by atoms with E-state index in [1.54, 1.807) is 17.0 Å². The van der Waals surface area contributed by atoms with Gasteiger partial charge in [-0.1, -0.05) is 36.4 Å². The van der Waals surface area contributed by atoms with Crippen molar-refractivity contribution < 1.29 is 9.59 Å². The molecule has 23 heavy (non-hydrogen) atoms. The summed E-state index contributed by atoms with van der Waals surface area (Å²) in [6.45, 7) is 2.76. The summed E-state index contributed by atoms with van der Waals surface area (Å²) in [5.74, 6) is 0.197. The van der Waals surface area contributed by atoms with E-state index in [-0.39, 0.29) is 11.1 Å². The third-order valence-electron chi connectivity index (χ3n) is 4.08. The molecule has 6 heteroatoms. The van der Waals surface area contributed by atoms with Crippen molar-refractivity contribution in [1.82, 2.24) is 9.80 Å². The molecule has 0 unspecified atom stereocenters. The Morgan fingerprint density at radius 1 is 1.13 bits per heavy atom. The first kappa shape index (κ1) is 18.1. The number of hydrogen-bond acceptors (Lipinski definition) is 2. The molecule has 0 aromatic heterocycles. The van der Waals surface area contributed by atoms with Crippen molar-refractivity contribution in [2.45, 2.75) is 38.6 Å². The molecule has 0 saturated carbocycles. The molecule has 4 nitrogen and oxygen atoms in total. The Balaban J connectivity index is 1.79. The molecule has 1 fully saturated rings. The normalized spacial score (nSPS) is 14.6. The van der Waals surface area contributed by atoms with E-state index < -0.39 is 0 Å². The molecule has 2 rings (SSSR count). The van der Waals surface area contributed by atoms with Crippen molar-refractivity contribution in [1.29, 1.82) is 0 Å². The molecule has 0 radical (unpaired) electrons. The van der Waals surface area contributed by atoms with E-state index >= 15 is 0 Å². The number of likely N-dealkylation sites (tertiary alicyclic amines) is 1. The zero-order valence-corrected chi connectivity index (χ0v) is 14.9. The predicted octanol–water partition coefficient (Wildman–Crippen LogP) is 3.98. The standard InChI is InChI=1S/C17H23ClN2O2S/c18-15-8-6-14(7-9-15)13-20(17(22)23)12-4-5-16(21)19-10-2-1-3-11-19/h6-9H,1-5,10-13H2,(H,22,23). The molecule has 0 spiro atoms. The largest absolute Gasteiger partial charge is 0.343 e. The average molecular weight is 355 g/mol. The van der Waals surface area contributed by atoms with Crippen LogP contribution in [0, 0.1) is 0 Å². The van der Waals surface area contributed by atoms with E-state index in [1.807, 2.05) is 17.0 Å². The average Bonchev–Trinajstić information content (AvgIpc) is 2.56. The van der Waals surface area contributed by atoms with Crippen LogP contribution in [-0.4, -0.2) is 40.6 Å². The summed E-state index contributed by atoms with van der Waals surface area (Å²) < 4.78 is 0. The van der Waals surface area contributed by atoms with E-state index in [1.165, 1.54) is 6.42 Å². The Morgan fingerprint density at radius 3 is 2.39 bits per heavy atom. The maximum absolute atomic E-state index is 12.1. The highest BCUT2D eigenvalue weighted by molar-refractivity contribution is 7.96. The van der Waals surface area contributed by atoms with Crippen LogP contribution in [0.5, 0.6) is 0 Å². The van der Waals surface area contributed by atoms with E-state index in [0.717, 1.165) is 31.5 Å². The molecular formula is C17H23ClN2O2S. The van der Waals surface area contributed by atoms with Crippen molar-refractivity contribution in [3.8, 4) is 0 Å². The lowest BCUT2D eigenvalue weighted by atomic mass is 10.1. The molecule has 1 heterocycles. The highest BCUT2D eigenvalue weighted by Gasteiger charge is 2.17. The monoisotopic (exact) mass is 354 g/mol. The molecule has 2 amide bonds. The smallest absolute Gasteiger partial charge is 0.278 e. The summed E-state index contributed by atoms with van der Waals surface area (Å²) in [4.78, 5) is 27.4. The second-order valence-corrected chi connectivity index (χ2v) is 6.69. The first-order chi connectivity index (χ1) is 11.1. The zero-order chi connectivity index (χ0) is 16.7. The molecule has 1 aromatic rings. The van der Waals surface area contributed by atoms with Crippen LogP contribution in [0.25, 0.3) is 0 Å². The molecule has 0 bridgehead atoms. The fraction of sp³-hybridized carbons (Fsp3) is 0.529. The van der Waals surface area contributed by atoms with Crippen molar-refractivity contribution in [2.24, 2.45) is 0 Å². The van der Waals surface area contributed by atoms with Crippen LogP contribution in [0.15, 0.2) is 24.3 Å². The lowest BCUT2D eigenvalue weighted by Crippen LogP contribution is -2.36. The van der Waals surface area contributed by atoms with Gasteiger partial charge in [0.1, 0.15) is 0 Å². The molecular weight excluding hydrogens is 332 g/mol. The Labute approximate surface area is 148 Å². The number of piperidine rings is 1. The van der Waals surface area contributed by atoms with Crippen LogP contribution in [0.3, 0.4) is 0 Å². The lowest BCUT2D eigenvalue weighted by Gasteiger charge is -2.27. The molecule has 0 atom stereocenters. The number of amides is 2. The van der Waals surface area contributed by atoms with Gasteiger partial charge in [-0.05, 0) is 43.4 Å². The van der Waals surface area contributed by atoms with Gasteiger partial charge in [-0.3, -0.25) is 9.59 Å². The Kier molecular flexibility index (Phi) is 7.24. The molecule has 0 N–H and O–H groups in total. The number of benzene rings is 1. The summed E-state index contributed by atoms with van der Waals surface area (Å²) in [5.41, 5.74) is 0.999. The number of halogens is 1. The number of rotatable bonds is 6. The fourth-order valence-electron chi connectivity index (χ4n) is 2.78. The third-order valence-corrected chi connectivity index (χ3v) is 4.62. The molecule has 1 aliphatic heterocycles. The van der Waals surface area contributed by atoms with Gasteiger partial charge in [-0.15, -0.1) is 0 Å². The van der Waals surface area contributed by atoms with Gasteiger partial charge in [0.15, 0.2) is 0 Å². The minimum Gasteiger partial charge on any atom is -0.343 e. The van der Waals surface area contributed by atoms with Crippen LogP contribution < -0.4 is 0 Å². The van der Waals surface area contributed by atoms with Crippen LogP contribution in [-0.2, 0) is 11.3 Å². The second-order valence-electron chi connectivity index (χ2n) is 5.88. The summed E-state index contributed by atoms with van der Waals surface area (Å²) in [7, 11) is 0. The lowest BCUT2D eigenvalue weighted by molar-refractivity contribution is -0.132. The highest BCUT2D eigenvalue weighted by Crippen LogP contribution is 2.14. The molecule has 126 valence electrons. The third kappa shape index (κ3) is 6.07. The Bertz CT molecular complexity index is 530. The minimum absolute atomic E-state index is 0.197. The van der Waals surface area contributed by atoms with Crippen molar-refractivity contribution in [3.05, 3.63) is 34.9 Å². The van der Waals surface area contributed by atoms with Crippen LogP contribution in [0.2, 0.25) is 5.02 Å². The van der Waals surface area contributed by atoms with E-state index in [9.17, 15) is 9.59 Å². The van der Waals surface area contributed by atoms with Gasteiger partial charge in [0.2, 0.25) is 5.91 Å². The number of nitrogens with zero attached hydrogens (tertiary/aromatic N) is 2. The number of thiol groups is 1. The first-order valence-corrected chi connectivity index (χ1v) is 8.89. The summed E-state index contributed by atoms with van der Waals surface area (Å²) in [6.07, 6.45) is 4.56. The molecule has 0 aliphatic carbocycles. The van der Waals surface area contributed by atoms with E-state index in [2.05, 4.69) is 12.6 Å². The van der Waals surface area contributed by atoms with Gasteiger partial charge >= 0.3 is 0 Å². The van der Waals surface area contributed by atoms with Gasteiger partial charge in [-0.25, -0.2) is 0 Å². The topological polar surface area (TPSA) is 40.6 Å². The summed E-state index contributed by atoms with van der Waals surface area (Å²) in [5, 5.41) is 0.398. The maximum Gasteiger partial charge on any atom is 0.278 e. The van der Waals surface area contributed by atoms with Gasteiger partial charge < -0.3 is 9.80 Å². The fourth-order valence-corrected chi connectivity index (χ4v) is 3.07. The van der Waals surface area contributed by atoms with Crippen LogP contribution in [0.4, 0.5) is 4.79 Å². The quantitative estimate of drug-likeness (QED) is 0.785. The predicted molar refractivity (Wildman–Crippen MR) is 95.9 cm³/mol. The first-order valence-electron chi connectivity index (χ1n) is 8.06. The summed E-state index contributed by atoms with van der Waals surface area (Å²) in [6, 6.07) is 7.39. The zero-order valence-electron chi connectivity index (χ0n) is 13.2. The number of carbonyl (C=O) groups is 2. The van der Waals surface area contributed by atoms with E-state index in [0.29, 0.717) is 31.0 Å². The van der Waals surface area contributed by atoms with Gasteiger partial charge in [0.05, 0.1) is 0 Å². The number of carbonyl (C=O) groups excluding carboxylic acids is 2.